The molecule has 4 rings (SSSR count). The number of nitrogens with zero attached hydrogens (tertiary/aromatic N) is 4. The lowest BCUT2D eigenvalue weighted by molar-refractivity contribution is 0.188. The zero-order chi connectivity index (χ0) is 21.3. The third-order valence-electron chi connectivity index (χ3n) is 5.18. The molecule has 0 radical (unpaired) electrons. The number of fused-ring (bicyclic) bond motifs is 1. The van der Waals surface area contributed by atoms with Crippen LogP contribution in [0.5, 0.6) is 5.75 Å². The Morgan fingerprint density at radius 1 is 1.37 bits per heavy atom. The molecular weight excluding hydrogens is 388 g/mol. The van der Waals surface area contributed by atoms with Crippen LogP contribution in [-0.2, 0) is 0 Å². The number of anilines is 3. The lowest BCUT2D eigenvalue weighted by Crippen LogP contribution is -2.47. The van der Waals surface area contributed by atoms with E-state index in [2.05, 4.69) is 35.7 Å². The summed E-state index contributed by atoms with van der Waals surface area (Å²) in [4.78, 5) is 22.3. The molecule has 2 aromatic heterocycles. The molecule has 0 unspecified atom stereocenters. The summed E-state index contributed by atoms with van der Waals surface area (Å²) >= 11 is 0. The van der Waals surface area contributed by atoms with E-state index in [1.54, 1.807) is 14.2 Å². The molecule has 158 valence electrons. The van der Waals surface area contributed by atoms with Crippen molar-refractivity contribution in [2.24, 2.45) is 0 Å². The van der Waals surface area contributed by atoms with Gasteiger partial charge in [-0.2, -0.15) is 10.1 Å². The number of H-pyrrole nitrogens is 1. The van der Waals surface area contributed by atoms with Crippen molar-refractivity contribution in [3.05, 3.63) is 18.2 Å². The summed E-state index contributed by atoms with van der Waals surface area (Å²) in [5, 5.41) is 22.3. The molecule has 11 heteroatoms. The van der Waals surface area contributed by atoms with Gasteiger partial charge >= 0.3 is 6.09 Å². The molecule has 1 aliphatic rings. The van der Waals surface area contributed by atoms with Crippen LogP contribution in [0.2, 0.25) is 0 Å². The maximum atomic E-state index is 11.0. The van der Waals surface area contributed by atoms with Gasteiger partial charge in [0.1, 0.15) is 11.6 Å². The van der Waals surface area contributed by atoms with E-state index in [4.69, 9.17) is 15.6 Å². The number of benzene rings is 1. The van der Waals surface area contributed by atoms with E-state index in [0.29, 0.717) is 29.8 Å². The average Bonchev–Trinajstić information content (AvgIpc) is 3.13. The Balaban J connectivity index is 1.73. The van der Waals surface area contributed by atoms with Crippen LogP contribution >= 0.6 is 0 Å². The fourth-order valence-corrected chi connectivity index (χ4v) is 3.79. The SMILES string of the molecule is CNc1nc(-c2cc(OC)c3c(N)n[nH]c3c2)cc(N2CCC[C@@H](NC(=O)O)C2)n1. The number of nitrogens with two attached hydrogens (primary N) is 1. The Morgan fingerprint density at radius 2 is 2.20 bits per heavy atom. The number of ether oxygens (including phenoxy) is 1. The van der Waals surface area contributed by atoms with Crippen molar-refractivity contribution in [2.75, 3.05) is 43.2 Å². The van der Waals surface area contributed by atoms with Crippen molar-refractivity contribution < 1.29 is 14.6 Å². The Kier molecular flexibility index (Phi) is 5.17. The summed E-state index contributed by atoms with van der Waals surface area (Å²) < 4.78 is 5.51. The molecule has 1 saturated heterocycles. The zero-order valence-electron chi connectivity index (χ0n) is 16.8. The fraction of sp³-hybridized carbons (Fsp3) is 0.368. The van der Waals surface area contributed by atoms with E-state index < -0.39 is 6.09 Å². The predicted molar refractivity (Wildman–Crippen MR) is 114 cm³/mol. The van der Waals surface area contributed by atoms with Crippen LogP contribution in [0.4, 0.5) is 22.4 Å². The second-order valence-electron chi connectivity index (χ2n) is 7.13. The van der Waals surface area contributed by atoms with Gasteiger partial charge in [-0.05, 0) is 25.0 Å². The standard InChI is InChI=1S/C19H24N8O3/c1-21-18-23-12(10-6-13-16(14(7-10)30-2)17(20)26-25-13)8-15(24-18)27-5-3-4-11(9-27)22-19(28)29/h6-8,11,22H,3-5,9H2,1-2H3,(H,28,29)(H3,20,25,26)(H,21,23,24)/t11-/m1/s1. The second kappa shape index (κ2) is 7.93. The van der Waals surface area contributed by atoms with Gasteiger partial charge in [-0.25, -0.2) is 9.78 Å². The largest absolute Gasteiger partial charge is 0.496 e. The molecule has 0 aliphatic carbocycles. The van der Waals surface area contributed by atoms with Crippen molar-refractivity contribution in [3.8, 4) is 17.0 Å². The highest BCUT2D eigenvalue weighted by Crippen LogP contribution is 2.35. The molecule has 3 aromatic rings. The maximum Gasteiger partial charge on any atom is 0.404 e. The van der Waals surface area contributed by atoms with Gasteiger partial charge in [0.2, 0.25) is 5.95 Å². The van der Waals surface area contributed by atoms with E-state index >= 15 is 0 Å². The van der Waals surface area contributed by atoms with Crippen LogP contribution in [0.25, 0.3) is 22.2 Å². The molecule has 1 amide bonds. The number of piperidine rings is 1. The molecule has 1 atom stereocenters. The Bertz CT molecular complexity index is 1080. The normalized spacial score (nSPS) is 16.5. The first kappa shape index (κ1) is 19.6. The van der Waals surface area contributed by atoms with Gasteiger partial charge in [-0.1, -0.05) is 0 Å². The predicted octanol–water partition coefficient (Wildman–Crippen LogP) is 1.89. The number of methoxy groups -OCH3 is 1. The van der Waals surface area contributed by atoms with E-state index in [1.165, 1.54) is 0 Å². The monoisotopic (exact) mass is 412 g/mol. The number of amides is 1. The van der Waals surface area contributed by atoms with Gasteiger partial charge in [0.15, 0.2) is 5.82 Å². The molecule has 0 bridgehead atoms. The first-order valence-electron chi connectivity index (χ1n) is 9.61. The van der Waals surface area contributed by atoms with Gasteiger partial charge in [0.25, 0.3) is 0 Å². The molecule has 1 fully saturated rings. The van der Waals surface area contributed by atoms with Gasteiger partial charge in [-0.3, -0.25) is 5.10 Å². The topological polar surface area (TPSA) is 154 Å². The lowest BCUT2D eigenvalue weighted by Gasteiger charge is -2.33. The van der Waals surface area contributed by atoms with Crippen molar-refractivity contribution in [1.29, 1.82) is 0 Å². The molecule has 1 aromatic carbocycles. The Hall–Kier alpha value is -3.76. The summed E-state index contributed by atoms with van der Waals surface area (Å²) in [5.74, 6) is 2.17. The molecule has 6 N–H and O–H groups in total. The number of aromatic amines is 1. The first-order valence-corrected chi connectivity index (χ1v) is 9.61. The molecule has 30 heavy (non-hydrogen) atoms. The Morgan fingerprint density at radius 3 is 2.93 bits per heavy atom. The number of nitrogen functional groups attached to an aromatic ring is 1. The van der Waals surface area contributed by atoms with Crippen molar-refractivity contribution in [3.63, 3.8) is 0 Å². The minimum Gasteiger partial charge on any atom is -0.496 e. The van der Waals surface area contributed by atoms with E-state index in [-0.39, 0.29) is 6.04 Å². The summed E-state index contributed by atoms with van der Waals surface area (Å²) in [7, 11) is 3.34. The van der Waals surface area contributed by atoms with E-state index in [1.807, 2.05) is 18.2 Å². The van der Waals surface area contributed by atoms with E-state index in [9.17, 15) is 4.79 Å². The van der Waals surface area contributed by atoms with Crippen LogP contribution in [0.3, 0.4) is 0 Å². The number of aromatic nitrogens is 4. The average molecular weight is 412 g/mol. The van der Waals surface area contributed by atoms with Gasteiger partial charge in [0, 0.05) is 37.8 Å². The number of carboxylic acid groups (broad SMARTS) is 1. The van der Waals surface area contributed by atoms with Crippen molar-refractivity contribution >= 4 is 34.6 Å². The zero-order valence-corrected chi connectivity index (χ0v) is 16.8. The number of nitrogens with one attached hydrogen (secondary N) is 3. The maximum absolute atomic E-state index is 11.0. The van der Waals surface area contributed by atoms with Gasteiger partial charge < -0.3 is 31.1 Å². The van der Waals surface area contributed by atoms with Crippen LogP contribution in [0, 0.1) is 0 Å². The lowest BCUT2D eigenvalue weighted by atomic mass is 10.1. The van der Waals surface area contributed by atoms with Crippen LogP contribution in [-0.4, -0.2) is 64.7 Å². The number of hydrogen-bond acceptors (Lipinski definition) is 8. The molecule has 11 nitrogen and oxygen atoms in total. The minimum absolute atomic E-state index is 0.142. The molecule has 0 spiro atoms. The highest BCUT2D eigenvalue weighted by Gasteiger charge is 2.23. The van der Waals surface area contributed by atoms with Crippen molar-refractivity contribution in [2.45, 2.75) is 18.9 Å². The molecule has 1 aliphatic heterocycles. The third-order valence-corrected chi connectivity index (χ3v) is 5.18. The molecule has 3 heterocycles. The van der Waals surface area contributed by atoms with E-state index in [0.717, 1.165) is 41.7 Å². The van der Waals surface area contributed by atoms with Crippen LogP contribution in [0.15, 0.2) is 18.2 Å². The first-order chi connectivity index (χ1) is 14.5. The minimum atomic E-state index is -1.01. The quantitative estimate of drug-likeness (QED) is 0.422. The number of rotatable bonds is 5. The number of carbonyl (C=O) groups is 1. The summed E-state index contributed by atoms with van der Waals surface area (Å²) in [5.41, 5.74) is 8.21. The van der Waals surface area contributed by atoms with Gasteiger partial charge in [-0.15, -0.1) is 0 Å². The van der Waals surface area contributed by atoms with Crippen molar-refractivity contribution in [1.82, 2.24) is 25.5 Å². The summed E-state index contributed by atoms with van der Waals surface area (Å²) in [6, 6.07) is 5.53. The molecule has 0 saturated carbocycles. The number of hydrogen-bond donors (Lipinski definition) is 5. The Labute approximate surface area is 172 Å². The smallest absolute Gasteiger partial charge is 0.404 e. The van der Waals surface area contributed by atoms with Gasteiger partial charge in [0.05, 0.1) is 23.7 Å². The summed E-state index contributed by atoms with van der Waals surface area (Å²) in [6.07, 6.45) is 0.654. The van der Waals surface area contributed by atoms with Crippen LogP contribution < -0.4 is 26.0 Å². The highest BCUT2D eigenvalue weighted by atomic mass is 16.5. The second-order valence-corrected chi connectivity index (χ2v) is 7.13. The third kappa shape index (κ3) is 3.73. The summed E-state index contributed by atoms with van der Waals surface area (Å²) in [6.45, 7) is 1.34. The fourth-order valence-electron chi connectivity index (χ4n) is 3.79. The van der Waals surface area contributed by atoms with Crippen LogP contribution in [0.1, 0.15) is 12.8 Å². The highest BCUT2D eigenvalue weighted by molar-refractivity contribution is 5.97. The molecular formula is C19H24N8O3.